The lowest BCUT2D eigenvalue weighted by Crippen LogP contribution is -2.27. The molecule has 0 aliphatic rings. The average molecular weight is 209 g/mol. The summed E-state index contributed by atoms with van der Waals surface area (Å²) in [5.41, 5.74) is 0.388. The lowest BCUT2D eigenvalue weighted by atomic mass is 10.2. The van der Waals surface area contributed by atoms with Crippen molar-refractivity contribution in [3.05, 3.63) is 18.2 Å². The number of aliphatic carboxylic acids is 1. The summed E-state index contributed by atoms with van der Waals surface area (Å²) in [6.07, 6.45) is 2.85. The van der Waals surface area contributed by atoms with Gasteiger partial charge >= 0.3 is 5.97 Å². The molecule has 6 nitrogen and oxygen atoms in total. The van der Waals surface area contributed by atoms with Crippen molar-refractivity contribution >= 4 is 17.6 Å². The first kappa shape index (κ1) is 11.1. The average Bonchev–Trinajstić information content (AvgIpc) is 2.20. The number of carboxylic acid groups (broad SMARTS) is 1. The molecule has 0 bridgehead atoms. The number of carboxylic acids is 1. The Hall–Kier alpha value is -1.98. The highest BCUT2D eigenvalue weighted by atomic mass is 16.4. The summed E-state index contributed by atoms with van der Waals surface area (Å²) in [5, 5.41) is 11.0. The second-order valence-corrected chi connectivity index (χ2v) is 3.07. The molecular weight excluding hydrogens is 198 g/mol. The number of hydrogen-bond donors (Lipinski definition) is 2. The van der Waals surface area contributed by atoms with Gasteiger partial charge < -0.3 is 10.4 Å². The monoisotopic (exact) mass is 209 g/mol. The molecule has 0 saturated heterocycles. The number of amides is 1. The maximum absolute atomic E-state index is 11.3. The minimum atomic E-state index is -1.17. The second-order valence-electron chi connectivity index (χ2n) is 3.07. The molecule has 1 atom stereocenters. The van der Waals surface area contributed by atoms with E-state index in [1.54, 1.807) is 6.92 Å². The van der Waals surface area contributed by atoms with Crippen LogP contribution in [0.4, 0.5) is 5.69 Å². The van der Waals surface area contributed by atoms with Gasteiger partial charge in [0.05, 0.1) is 18.1 Å². The van der Waals surface area contributed by atoms with E-state index in [0.717, 1.165) is 0 Å². The lowest BCUT2D eigenvalue weighted by Gasteiger charge is -2.07. The standard InChI is InChI=1S/C9H11N3O3/c1-5(9(14)15)8(13)12-7-3-10-6(2)11-4-7/h3-5H,1-2H3,(H,12,13)(H,14,15). The Morgan fingerprint density at radius 2 is 1.93 bits per heavy atom. The van der Waals surface area contributed by atoms with Crippen LogP contribution in [-0.4, -0.2) is 27.0 Å². The number of carbonyl (C=O) groups excluding carboxylic acids is 1. The number of hydrogen-bond acceptors (Lipinski definition) is 4. The Balaban J connectivity index is 2.66. The van der Waals surface area contributed by atoms with Crippen molar-refractivity contribution in [2.45, 2.75) is 13.8 Å². The van der Waals surface area contributed by atoms with Gasteiger partial charge in [-0.3, -0.25) is 9.59 Å². The van der Waals surface area contributed by atoms with E-state index in [2.05, 4.69) is 15.3 Å². The molecule has 1 unspecified atom stereocenters. The van der Waals surface area contributed by atoms with Crippen LogP contribution in [-0.2, 0) is 9.59 Å². The van der Waals surface area contributed by atoms with E-state index in [0.29, 0.717) is 11.5 Å². The molecule has 0 fully saturated rings. The normalized spacial score (nSPS) is 11.9. The summed E-state index contributed by atoms with van der Waals surface area (Å²) >= 11 is 0. The molecule has 1 aromatic rings. The highest BCUT2D eigenvalue weighted by molar-refractivity contribution is 6.03. The molecular formula is C9H11N3O3. The third-order valence-corrected chi connectivity index (χ3v) is 1.81. The van der Waals surface area contributed by atoms with Crippen molar-refractivity contribution in [1.82, 2.24) is 9.97 Å². The van der Waals surface area contributed by atoms with Crippen LogP contribution >= 0.6 is 0 Å². The van der Waals surface area contributed by atoms with Gasteiger partial charge in [0.15, 0.2) is 0 Å². The summed E-state index contributed by atoms with van der Waals surface area (Å²) in [6, 6.07) is 0. The third-order valence-electron chi connectivity index (χ3n) is 1.81. The van der Waals surface area contributed by atoms with Crippen LogP contribution in [0.2, 0.25) is 0 Å². The van der Waals surface area contributed by atoms with E-state index < -0.39 is 17.8 Å². The quantitative estimate of drug-likeness (QED) is 0.705. The molecule has 6 heteroatoms. The van der Waals surface area contributed by atoms with Gasteiger partial charge in [-0.1, -0.05) is 0 Å². The Bertz CT molecular complexity index is 375. The van der Waals surface area contributed by atoms with Crippen LogP contribution in [0.15, 0.2) is 12.4 Å². The molecule has 0 radical (unpaired) electrons. The van der Waals surface area contributed by atoms with Gasteiger partial charge in [0.1, 0.15) is 11.7 Å². The van der Waals surface area contributed by atoms with E-state index in [9.17, 15) is 9.59 Å². The predicted octanol–water partition coefficient (Wildman–Crippen LogP) is 0.444. The van der Waals surface area contributed by atoms with Crippen LogP contribution in [0.5, 0.6) is 0 Å². The van der Waals surface area contributed by atoms with Gasteiger partial charge in [-0.25, -0.2) is 9.97 Å². The number of nitrogens with one attached hydrogen (secondary N) is 1. The Morgan fingerprint density at radius 1 is 1.40 bits per heavy atom. The number of nitrogens with zero attached hydrogens (tertiary/aromatic N) is 2. The number of anilines is 1. The zero-order chi connectivity index (χ0) is 11.4. The summed E-state index contributed by atoms with van der Waals surface area (Å²) < 4.78 is 0. The molecule has 1 amide bonds. The molecule has 1 heterocycles. The van der Waals surface area contributed by atoms with E-state index in [1.807, 2.05) is 0 Å². The minimum Gasteiger partial charge on any atom is -0.481 e. The molecule has 1 rings (SSSR count). The third kappa shape index (κ3) is 3.01. The topological polar surface area (TPSA) is 92.2 Å². The van der Waals surface area contributed by atoms with Gasteiger partial charge in [-0.05, 0) is 13.8 Å². The summed E-state index contributed by atoms with van der Waals surface area (Å²) in [6.45, 7) is 3.03. The van der Waals surface area contributed by atoms with E-state index in [-0.39, 0.29) is 0 Å². The second kappa shape index (κ2) is 4.50. The maximum Gasteiger partial charge on any atom is 0.315 e. The van der Waals surface area contributed by atoms with Crippen LogP contribution in [0, 0.1) is 12.8 Å². The van der Waals surface area contributed by atoms with Crippen molar-refractivity contribution in [3.8, 4) is 0 Å². The molecule has 2 N–H and O–H groups in total. The molecule has 0 aliphatic carbocycles. The van der Waals surface area contributed by atoms with Crippen LogP contribution in [0.3, 0.4) is 0 Å². The fourth-order valence-corrected chi connectivity index (χ4v) is 0.820. The van der Waals surface area contributed by atoms with E-state index in [1.165, 1.54) is 19.3 Å². The van der Waals surface area contributed by atoms with Crippen molar-refractivity contribution in [2.24, 2.45) is 5.92 Å². The van der Waals surface area contributed by atoms with E-state index >= 15 is 0 Å². The van der Waals surface area contributed by atoms with Crippen molar-refractivity contribution in [3.63, 3.8) is 0 Å². The number of rotatable bonds is 3. The fraction of sp³-hybridized carbons (Fsp3) is 0.333. The van der Waals surface area contributed by atoms with Gasteiger partial charge in [0.2, 0.25) is 5.91 Å². The van der Waals surface area contributed by atoms with Crippen LogP contribution < -0.4 is 5.32 Å². The number of aromatic nitrogens is 2. The van der Waals surface area contributed by atoms with Crippen molar-refractivity contribution < 1.29 is 14.7 Å². The first-order valence-corrected chi connectivity index (χ1v) is 4.33. The molecule has 1 aromatic heterocycles. The SMILES string of the molecule is Cc1ncc(NC(=O)C(C)C(=O)O)cn1. The van der Waals surface area contributed by atoms with Gasteiger partial charge in [0, 0.05) is 0 Å². The first-order valence-electron chi connectivity index (χ1n) is 4.33. The number of carbonyl (C=O) groups is 2. The molecule has 15 heavy (non-hydrogen) atoms. The smallest absolute Gasteiger partial charge is 0.315 e. The van der Waals surface area contributed by atoms with Crippen molar-refractivity contribution in [1.29, 1.82) is 0 Å². The Labute approximate surface area is 86.4 Å². The Morgan fingerprint density at radius 3 is 2.40 bits per heavy atom. The molecule has 0 spiro atoms. The van der Waals surface area contributed by atoms with E-state index in [4.69, 9.17) is 5.11 Å². The highest BCUT2D eigenvalue weighted by Crippen LogP contribution is 2.05. The summed E-state index contributed by atoms with van der Waals surface area (Å²) in [5.74, 6) is -2.26. The molecule has 0 saturated carbocycles. The van der Waals surface area contributed by atoms with Gasteiger partial charge in [0.25, 0.3) is 0 Å². The largest absolute Gasteiger partial charge is 0.481 e. The summed E-state index contributed by atoms with van der Waals surface area (Å²) in [4.78, 5) is 29.5. The molecule has 0 aliphatic heterocycles. The summed E-state index contributed by atoms with van der Waals surface area (Å²) in [7, 11) is 0. The predicted molar refractivity (Wildman–Crippen MR) is 52.2 cm³/mol. The highest BCUT2D eigenvalue weighted by Gasteiger charge is 2.20. The first-order chi connectivity index (χ1) is 7.00. The van der Waals surface area contributed by atoms with Gasteiger partial charge in [-0.2, -0.15) is 0 Å². The fourth-order valence-electron chi connectivity index (χ4n) is 0.820. The van der Waals surface area contributed by atoms with Gasteiger partial charge in [-0.15, -0.1) is 0 Å². The van der Waals surface area contributed by atoms with Crippen LogP contribution in [0.1, 0.15) is 12.7 Å². The molecule has 0 aromatic carbocycles. The zero-order valence-electron chi connectivity index (χ0n) is 8.39. The lowest BCUT2D eigenvalue weighted by molar-refractivity contribution is -0.144. The van der Waals surface area contributed by atoms with Crippen LogP contribution in [0.25, 0.3) is 0 Å². The number of aryl methyl sites for hydroxylation is 1. The molecule has 80 valence electrons. The maximum atomic E-state index is 11.3. The zero-order valence-corrected chi connectivity index (χ0v) is 8.39. The van der Waals surface area contributed by atoms with Crippen molar-refractivity contribution in [2.75, 3.05) is 5.32 Å². The minimum absolute atomic E-state index is 0.388. The Kier molecular flexibility index (Phi) is 3.33.